The lowest BCUT2D eigenvalue weighted by Gasteiger charge is -2.14. The van der Waals surface area contributed by atoms with Gasteiger partial charge in [-0.15, -0.1) is 0 Å². The Hall–Kier alpha value is -1.35. The lowest BCUT2D eigenvalue weighted by molar-refractivity contribution is -0.160. The van der Waals surface area contributed by atoms with Gasteiger partial charge in [0.15, 0.2) is 6.79 Å². The van der Waals surface area contributed by atoms with Gasteiger partial charge in [-0.05, 0) is 18.4 Å². The Kier molecular flexibility index (Phi) is 7.11. The number of esters is 1. The van der Waals surface area contributed by atoms with Crippen LogP contribution in [0.25, 0.3) is 0 Å². The molecule has 1 unspecified atom stereocenters. The second-order valence-corrected chi connectivity index (χ2v) is 4.28. The molecule has 0 aliphatic heterocycles. The zero-order valence-electron chi connectivity index (χ0n) is 11.2. The molecule has 0 aliphatic rings. The lowest BCUT2D eigenvalue weighted by Crippen LogP contribution is -2.17. The molecule has 0 heterocycles. The zero-order valence-corrected chi connectivity index (χ0v) is 11.2. The Morgan fingerprint density at radius 1 is 1.22 bits per heavy atom. The van der Waals surface area contributed by atoms with E-state index in [4.69, 9.17) is 9.47 Å². The van der Waals surface area contributed by atoms with Gasteiger partial charge in [0, 0.05) is 0 Å². The molecule has 3 heteroatoms. The molecule has 0 bridgehead atoms. The Morgan fingerprint density at radius 3 is 2.56 bits per heavy atom. The third-order valence-electron chi connectivity index (χ3n) is 2.78. The minimum Gasteiger partial charge on any atom is -0.438 e. The van der Waals surface area contributed by atoms with Crippen molar-refractivity contribution in [1.82, 2.24) is 0 Å². The van der Waals surface area contributed by atoms with Crippen molar-refractivity contribution in [2.45, 2.75) is 45.6 Å². The Balaban J connectivity index is 2.21. The van der Waals surface area contributed by atoms with Crippen LogP contribution in [0.15, 0.2) is 30.3 Å². The molecule has 1 aromatic rings. The first-order chi connectivity index (χ1) is 8.76. The van der Waals surface area contributed by atoms with Crippen molar-refractivity contribution in [1.29, 1.82) is 0 Å². The van der Waals surface area contributed by atoms with Gasteiger partial charge in [-0.3, -0.25) is 4.79 Å². The fourth-order valence-electron chi connectivity index (χ4n) is 1.74. The van der Waals surface area contributed by atoms with E-state index in [0.717, 1.165) is 24.8 Å². The van der Waals surface area contributed by atoms with Crippen molar-refractivity contribution in [2.75, 3.05) is 6.79 Å². The number of carbonyl (C=O) groups excluding carboxylic acids is 1. The largest absolute Gasteiger partial charge is 0.438 e. The van der Waals surface area contributed by atoms with Crippen LogP contribution < -0.4 is 0 Å². The van der Waals surface area contributed by atoms with E-state index in [1.807, 2.05) is 30.3 Å². The van der Waals surface area contributed by atoms with E-state index in [-0.39, 0.29) is 18.9 Å². The Morgan fingerprint density at radius 2 is 1.94 bits per heavy atom. The molecule has 1 rings (SSSR count). The van der Waals surface area contributed by atoms with E-state index in [2.05, 4.69) is 13.8 Å². The van der Waals surface area contributed by atoms with Crippen LogP contribution >= 0.6 is 0 Å². The highest BCUT2D eigenvalue weighted by molar-refractivity contribution is 5.72. The summed E-state index contributed by atoms with van der Waals surface area (Å²) in [6.45, 7) is 4.25. The standard InChI is InChI=1S/C15H22O3/c1-3-8-14(4-2)17-12-18-15(16)11-13-9-6-5-7-10-13/h5-7,9-10,14H,3-4,8,11-12H2,1-2H3. The maximum atomic E-state index is 11.5. The maximum Gasteiger partial charge on any atom is 0.312 e. The van der Waals surface area contributed by atoms with E-state index in [9.17, 15) is 4.79 Å². The molecule has 0 aliphatic carbocycles. The molecule has 0 aromatic heterocycles. The summed E-state index contributed by atoms with van der Waals surface area (Å²) in [6.07, 6.45) is 3.53. The van der Waals surface area contributed by atoms with Gasteiger partial charge in [0.25, 0.3) is 0 Å². The molecular weight excluding hydrogens is 228 g/mol. The molecular formula is C15H22O3. The van der Waals surface area contributed by atoms with Crippen molar-refractivity contribution in [3.8, 4) is 0 Å². The fraction of sp³-hybridized carbons (Fsp3) is 0.533. The predicted molar refractivity (Wildman–Crippen MR) is 71.2 cm³/mol. The van der Waals surface area contributed by atoms with Crippen LogP contribution in [0.5, 0.6) is 0 Å². The summed E-state index contributed by atoms with van der Waals surface area (Å²) in [5.41, 5.74) is 0.961. The van der Waals surface area contributed by atoms with Gasteiger partial charge < -0.3 is 9.47 Å². The summed E-state index contributed by atoms with van der Waals surface area (Å²) < 4.78 is 10.6. The number of hydrogen-bond acceptors (Lipinski definition) is 3. The lowest BCUT2D eigenvalue weighted by atomic mass is 10.2. The summed E-state index contributed by atoms with van der Waals surface area (Å²) in [6, 6.07) is 9.57. The topological polar surface area (TPSA) is 35.5 Å². The average molecular weight is 250 g/mol. The minimum atomic E-state index is -0.243. The van der Waals surface area contributed by atoms with Crippen LogP contribution in [-0.2, 0) is 20.7 Å². The highest BCUT2D eigenvalue weighted by Gasteiger charge is 2.08. The molecule has 0 amide bonds. The monoisotopic (exact) mass is 250 g/mol. The molecule has 0 fully saturated rings. The summed E-state index contributed by atoms with van der Waals surface area (Å²) in [7, 11) is 0. The van der Waals surface area contributed by atoms with Gasteiger partial charge in [-0.1, -0.05) is 50.6 Å². The first kappa shape index (κ1) is 14.7. The molecule has 1 atom stereocenters. The van der Waals surface area contributed by atoms with E-state index in [1.54, 1.807) is 0 Å². The first-order valence-corrected chi connectivity index (χ1v) is 6.57. The minimum absolute atomic E-state index is 0.0597. The number of carbonyl (C=O) groups is 1. The van der Waals surface area contributed by atoms with Crippen LogP contribution in [0.3, 0.4) is 0 Å². The van der Waals surface area contributed by atoms with Gasteiger partial charge in [0.05, 0.1) is 12.5 Å². The summed E-state index contributed by atoms with van der Waals surface area (Å²) in [4.78, 5) is 11.5. The normalized spacial score (nSPS) is 12.1. The SMILES string of the molecule is CCCC(CC)OCOC(=O)Cc1ccccc1. The molecule has 3 nitrogen and oxygen atoms in total. The molecule has 0 radical (unpaired) electrons. The van der Waals surface area contributed by atoms with Crippen LogP contribution in [0.4, 0.5) is 0 Å². The van der Waals surface area contributed by atoms with Gasteiger partial charge in [0.1, 0.15) is 0 Å². The van der Waals surface area contributed by atoms with E-state index >= 15 is 0 Å². The quantitative estimate of drug-likeness (QED) is 0.524. The third kappa shape index (κ3) is 5.82. The predicted octanol–water partition coefficient (Wildman–Crippen LogP) is 3.33. The molecule has 0 saturated heterocycles. The first-order valence-electron chi connectivity index (χ1n) is 6.57. The molecule has 0 saturated carbocycles. The van der Waals surface area contributed by atoms with E-state index in [1.165, 1.54) is 0 Å². The summed E-state index contributed by atoms with van der Waals surface area (Å²) >= 11 is 0. The van der Waals surface area contributed by atoms with Crippen LogP contribution in [0, 0.1) is 0 Å². The van der Waals surface area contributed by atoms with E-state index < -0.39 is 0 Å². The second kappa shape index (κ2) is 8.70. The second-order valence-electron chi connectivity index (χ2n) is 4.28. The van der Waals surface area contributed by atoms with Crippen LogP contribution in [0.1, 0.15) is 38.7 Å². The Bertz CT molecular complexity index is 335. The number of hydrogen-bond donors (Lipinski definition) is 0. The van der Waals surface area contributed by atoms with Crippen molar-refractivity contribution < 1.29 is 14.3 Å². The van der Waals surface area contributed by atoms with Crippen molar-refractivity contribution >= 4 is 5.97 Å². The Labute approximate surface area is 109 Å². The highest BCUT2D eigenvalue weighted by Crippen LogP contribution is 2.07. The molecule has 1 aromatic carbocycles. The highest BCUT2D eigenvalue weighted by atomic mass is 16.7. The zero-order chi connectivity index (χ0) is 13.2. The number of rotatable bonds is 8. The maximum absolute atomic E-state index is 11.5. The van der Waals surface area contributed by atoms with Gasteiger partial charge in [-0.25, -0.2) is 0 Å². The van der Waals surface area contributed by atoms with Crippen molar-refractivity contribution in [3.05, 3.63) is 35.9 Å². The van der Waals surface area contributed by atoms with Crippen LogP contribution in [0.2, 0.25) is 0 Å². The smallest absolute Gasteiger partial charge is 0.312 e. The van der Waals surface area contributed by atoms with E-state index in [0.29, 0.717) is 6.42 Å². The van der Waals surface area contributed by atoms with Crippen molar-refractivity contribution in [3.63, 3.8) is 0 Å². The molecule has 18 heavy (non-hydrogen) atoms. The van der Waals surface area contributed by atoms with Gasteiger partial charge in [0.2, 0.25) is 0 Å². The van der Waals surface area contributed by atoms with Gasteiger partial charge in [-0.2, -0.15) is 0 Å². The van der Waals surface area contributed by atoms with Crippen molar-refractivity contribution in [2.24, 2.45) is 0 Å². The number of ether oxygens (including phenoxy) is 2. The summed E-state index contributed by atoms with van der Waals surface area (Å²) in [5, 5.41) is 0. The molecule has 0 N–H and O–H groups in total. The van der Waals surface area contributed by atoms with Gasteiger partial charge >= 0.3 is 5.97 Å². The fourth-order valence-corrected chi connectivity index (χ4v) is 1.74. The average Bonchev–Trinajstić information content (AvgIpc) is 2.39. The number of benzene rings is 1. The molecule has 100 valence electrons. The summed E-state index contributed by atoms with van der Waals surface area (Å²) in [5.74, 6) is -0.243. The molecule has 0 spiro atoms. The van der Waals surface area contributed by atoms with Crippen LogP contribution in [-0.4, -0.2) is 18.9 Å². The third-order valence-corrected chi connectivity index (χ3v) is 2.78.